The van der Waals surface area contributed by atoms with Crippen LogP contribution >= 0.6 is 0 Å². The highest BCUT2D eigenvalue weighted by molar-refractivity contribution is 6.50. The van der Waals surface area contributed by atoms with Gasteiger partial charge in [-0.25, -0.2) is 0 Å². The summed E-state index contributed by atoms with van der Waals surface area (Å²) in [5.74, 6) is 1.70. The highest BCUT2D eigenvalue weighted by Crippen LogP contribution is 2.21. The molecule has 1 nitrogen and oxygen atoms in total. The van der Waals surface area contributed by atoms with Crippen molar-refractivity contribution in [1.29, 1.82) is 0 Å². The van der Waals surface area contributed by atoms with Crippen molar-refractivity contribution < 1.29 is 0 Å². The molecule has 1 aromatic rings. The third-order valence-electron chi connectivity index (χ3n) is 3.50. The fraction of sp³-hybridized carbons (Fsp3) is 0.538. The normalized spacial score (nSPS) is 27.6. The summed E-state index contributed by atoms with van der Waals surface area (Å²) in [4.78, 5) is 2.46. The third-order valence-corrected chi connectivity index (χ3v) is 3.50. The SMILES string of the molecule is CC1CN([B]c2ccccc2)CC[C@H]1C. The van der Waals surface area contributed by atoms with Crippen molar-refractivity contribution in [2.45, 2.75) is 20.3 Å². The molecule has 0 N–H and O–H groups in total. The molecule has 2 rings (SSSR count). The molecule has 1 unspecified atom stereocenters. The van der Waals surface area contributed by atoms with Gasteiger partial charge in [0.2, 0.25) is 7.41 Å². The Labute approximate surface area is 93.7 Å². The summed E-state index contributed by atoms with van der Waals surface area (Å²) in [5, 5.41) is 0. The first-order valence-corrected chi connectivity index (χ1v) is 5.89. The Morgan fingerprint density at radius 1 is 1.13 bits per heavy atom. The zero-order valence-electron chi connectivity index (χ0n) is 9.69. The van der Waals surface area contributed by atoms with Crippen molar-refractivity contribution in [1.82, 2.24) is 4.81 Å². The number of benzene rings is 1. The highest BCUT2D eigenvalue weighted by Gasteiger charge is 2.22. The molecule has 1 aromatic carbocycles. The summed E-state index contributed by atoms with van der Waals surface area (Å²) in [6.07, 6.45) is 1.32. The average Bonchev–Trinajstić information content (AvgIpc) is 2.25. The monoisotopic (exact) mass is 200 g/mol. The molecule has 1 aliphatic heterocycles. The lowest BCUT2D eigenvalue weighted by Crippen LogP contribution is -2.44. The molecule has 15 heavy (non-hydrogen) atoms. The summed E-state index contributed by atoms with van der Waals surface area (Å²) >= 11 is 0. The van der Waals surface area contributed by atoms with Gasteiger partial charge in [0.1, 0.15) is 0 Å². The first kappa shape index (κ1) is 10.8. The van der Waals surface area contributed by atoms with Crippen LogP contribution in [0.1, 0.15) is 20.3 Å². The van der Waals surface area contributed by atoms with Crippen molar-refractivity contribution in [2.75, 3.05) is 13.1 Å². The van der Waals surface area contributed by atoms with Crippen LogP contribution in [-0.4, -0.2) is 25.3 Å². The van der Waals surface area contributed by atoms with Gasteiger partial charge in [-0.15, -0.1) is 0 Å². The van der Waals surface area contributed by atoms with Gasteiger partial charge in [-0.1, -0.05) is 49.6 Å². The summed E-state index contributed by atoms with van der Waals surface area (Å²) < 4.78 is 0. The Morgan fingerprint density at radius 3 is 2.53 bits per heavy atom. The average molecular weight is 200 g/mol. The lowest BCUT2D eigenvalue weighted by molar-refractivity contribution is 0.215. The Hall–Kier alpha value is -0.755. The van der Waals surface area contributed by atoms with Gasteiger partial charge in [0.25, 0.3) is 0 Å². The standard InChI is InChI=1S/C13H19BN/c1-11-8-9-15(10-12(11)2)14-13-6-4-3-5-7-13/h3-7,11-12H,8-10H2,1-2H3/t11-,12?/m1/s1. The molecule has 0 bridgehead atoms. The molecule has 0 aromatic heterocycles. The predicted octanol–water partition coefficient (Wildman–Crippen LogP) is 1.91. The van der Waals surface area contributed by atoms with Gasteiger partial charge < -0.3 is 4.81 Å². The van der Waals surface area contributed by atoms with Crippen LogP contribution < -0.4 is 5.46 Å². The van der Waals surface area contributed by atoms with Crippen LogP contribution in [0.4, 0.5) is 0 Å². The Morgan fingerprint density at radius 2 is 1.87 bits per heavy atom. The number of piperidine rings is 1. The minimum atomic E-state index is 0.818. The molecule has 0 aliphatic carbocycles. The van der Waals surface area contributed by atoms with Gasteiger partial charge in [-0.2, -0.15) is 0 Å². The van der Waals surface area contributed by atoms with E-state index in [0.717, 1.165) is 11.8 Å². The Bertz CT molecular complexity index is 299. The molecule has 1 heterocycles. The van der Waals surface area contributed by atoms with Crippen molar-refractivity contribution in [3.63, 3.8) is 0 Å². The van der Waals surface area contributed by atoms with E-state index in [1.807, 2.05) is 0 Å². The van der Waals surface area contributed by atoms with E-state index >= 15 is 0 Å². The van der Waals surface area contributed by atoms with Crippen LogP contribution in [0.3, 0.4) is 0 Å². The van der Waals surface area contributed by atoms with E-state index in [4.69, 9.17) is 0 Å². The topological polar surface area (TPSA) is 3.24 Å². The van der Waals surface area contributed by atoms with Crippen LogP contribution in [0.5, 0.6) is 0 Å². The summed E-state index contributed by atoms with van der Waals surface area (Å²) in [5.41, 5.74) is 1.32. The maximum Gasteiger partial charge on any atom is 0.247 e. The summed E-state index contributed by atoms with van der Waals surface area (Å²) in [7, 11) is 2.29. The van der Waals surface area contributed by atoms with Crippen molar-refractivity contribution in [3.8, 4) is 0 Å². The first-order chi connectivity index (χ1) is 7.25. The van der Waals surface area contributed by atoms with E-state index in [1.54, 1.807) is 0 Å². The fourth-order valence-electron chi connectivity index (χ4n) is 2.16. The van der Waals surface area contributed by atoms with Crippen LogP contribution in [0.2, 0.25) is 0 Å². The molecule has 1 fully saturated rings. The number of rotatable bonds is 2. The largest absolute Gasteiger partial charge is 0.342 e. The molecule has 1 saturated heterocycles. The van der Waals surface area contributed by atoms with Crippen molar-refractivity contribution in [3.05, 3.63) is 30.3 Å². The second-order valence-corrected chi connectivity index (χ2v) is 4.78. The van der Waals surface area contributed by atoms with Gasteiger partial charge >= 0.3 is 0 Å². The molecular weight excluding hydrogens is 181 g/mol. The van der Waals surface area contributed by atoms with Gasteiger partial charge in [-0.3, -0.25) is 0 Å². The van der Waals surface area contributed by atoms with Crippen molar-refractivity contribution >= 4 is 12.9 Å². The second-order valence-electron chi connectivity index (χ2n) is 4.78. The van der Waals surface area contributed by atoms with E-state index in [2.05, 4.69) is 56.4 Å². The lowest BCUT2D eigenvalue weighted by atomic mass is 9.76. The zero-order chi connectivity index (χ0) is 10.7. The number of nitrogens with zero attached hydrogens (tertiary/aromatic N) is 1. The quantitative estimate of drug-likeness (QED) is 0.659. The van der Waals surface area contributed by atoms with Gasteiger partial charge in [0.05, 0.1) is 0 Å². The zero-order valence-corrected chi connectivity index (χ0v) is 9.69. The second kappa shape index (κ2) is 4.85. The van der Waals surface area contributed by atoms with Crippen LogP contribution in [0.25, 0.3) is 0 Å². The molecule has 0 saturated carbocycles. The molecule has 2 atom stereocenters. The first-order valence-electron chi connectivity index (χ1n) is 5.89. The Balaban J connectivity index is 1.91. The fourth-order valence-corrected chi connectivity index (χ4v) is 2.16. The summed E-state index contributed by atoms with van der Waals surface area (Å²) in [6.45, 7) is 7.14. The van der Waals surface area contributed by atoms with Gasteiger partial charge in [0.15, 0.2) is 0 Å². The molecular formula is C13H19BN. The third kappa shape index (κ3) is 2.85. The maximum atomic E-state index is 2.46. The van der Waals surface area contributed by atoms with Crippen LogP contribution in [0.15, 0.2) is 30.3 Å². The van der Waals surface area contributed by atoms with Crippen molar-refractivity contribution in [2.24, 2.45) is 11.8 Å². The van der Waals surface area contributed by atoms with E-state index in [0.29, 0.717) is 0 Å². The molecule has 1 radical (unpaired) electrons. The number of hydrogen-bond donors (Lipinski definition) is 0. The van der Waals surface area contributed by atoms with Crippen LogP contribution in [0, 0.1) is 11.8 Å². The predicted molar refractivity (Wildman–Crippen MR) is 66.3 cm³/mol. The number of hydrogen-bond acceptors (Lipinski definition) is 1. The van der Waals surface area contributed by atoms with E-state index < -0.39 is 0 Å². The highest BCUT2D eigenvalue weighted by atomic mass is 15.0. The summed E-state index contributed by atoms with van der Waals surface area (Å²) in [6, 6.07) is 10.6. The lowest BCUT2D eigenvalue weighted by Gasteiger charge is -2.35. The van der Waals surface area contributed by atoms with E-state index in [9.17, 15) is 0 Å². The molecule has 2 heteroatoms. The van der Waals surface area contributed by atoms with E-state index in [-0.39, 0.29) is 0 Å². The smallest absolute Gasteiger partial charge is 0.247 e. The molecule has 79 valence electrons. The maximum absolute atomic E-state index is 2.46. The molecule has 1 aliphatic rings. The van der Waals surface area contributed by atoms with E-state index in [1.165, 1.54) is 25.0 Å². The Kier molecular flexibility index (Phi) is 3.47. The van der Waals surface area contributed by atoms with Crippen LogP contribution in [-0.2, 0) is 0 Å². The molecule has 0 amide bonds. The van der Waals surface area contributed by atoms with Gasteiger partial charge in [0, 0.05) is 0 Å². The molecule has 0 spiro atoms. The van der Waals surface area contributed by atoms with Gasteiger partial charge in [-0.05, 0) is 31.3 Å². The minimum Gasteiger partial charge on any atom is -0.342 e. The minimum absolute atomic E-state index is 0.818.